The van der Waals surface area contributed by atoms with Crippen molar-refractivity contribution in [1.29, 1.82) is 0 Å². The highest BCUT2D eigenvalue weighted by molar-refractivity contribution is 5.98. The van der Waals surface area contributed by atoms with Gasteiger partial charge in [-0.1, -0.05) is 5.21 Å². The number of tetrazole rings is 1. The predicted octanol–water partition coefficient (Wildman–Crippen LogP) is 1.03. The smallest absolute Gasteiger partial charge is 0.230 e. The van der Waals surface area contributed by atoms with E-state index in [0.29, 0.717) is 12.4 Å². The summed E-state index contributed by atoms with van der Waals surface area (Å²) in [6, 6.07) is 5.88. The molecule has 0 saturated heterocycles. The number of carbonyl (C=O) groups excluding carboxylic acids is 1. The summed E-state index contributed by atoms with van der Waals surface area (Å²) in [6.45, 7) is 0.317. The molecule has 0 radical (unpaired) electrons. The Bertz CT molecular complexity index is 819. The summed E-state index contributed by atoms with van der Waals surface area (Å²) in [6.07, 6.45) is 3.71. The maximum absolute atomic E-state index is 12.6. The number of carbonyl (C=O) groups is 1. The fourth-order valence-electron chi connectivity index (χ4n) is 2.56. The average Bonchev–Trinajstić information content (AvgIpc) is 3.14. The van der Waals surface area contributed by atoms with Crippen LogP contribution in [-0.4, -0.2) is 36.3 Å². The summed E-state index contributed by atoms with van der Waals surface area (Å²) in [5.41, 5.74) is 1.87. The van der Waals surface area contributed by atoms with Crippen LogP contribution in [0.5, 0.6) is 0 Å². The van der Waals surface area contributed by atoms with Gasteiger partial charge < -0.3 is 4.90 Å². The standard InChI is InChI=1S/C14H15N7O/c1-20-12-5-4-11(6-10(12)7-15-20)21(14(22)9-2-3-9)8-13-16-18-19-17-13/h4-7,9H,2-3,8H2,1H3,(H,16,17,18,19). The van der Waals surface area contributed by atoms with Crippen molar-refractivity contribution in [2.45, 2.75) is 19.4 Å². The number of amides is 1. The molecule has 0 bridgehead atoms. The second-order valence-corrected chi connectivity index (χ2v) is 5.54. The van der Waals surface area contributed by atoms with Crippen LogP contribution in [0.15, 0.2) is 24.4 Å². The highest BCUT2D eigenvalue weighted by atomic mass is 16.2. The highest BCUT2D eigenvalue weighted by Gasteiger charge is 2.34. The van der Waals surface area contributed by atoms with Gasteiger partial charge in [0.05, 0.1) is 18.3 Å². The van der Waals surface area contributed by atoms with Crippen molar-refractivity contribution in [2.75, 3.05) is 4.90 Å². The Morgan fingerprint density at radius 3 is 3.05 bits per heavy atom. The molecule has 0 unspecified atom stereocenters. The number of aryl methyl sites for hydroxylation is 1. The van der Waals surface area contributed by atoms with Gasteiger partial charge in [0.25, 0.3) is 0 Å². The quantitative estimate of drug-likeness (QED) is 0.776. The third kappa shape index (κ3) is 2.22. The molecule has 8 nitrogen and oxygen atoms in total. The van der Waals surface area contributed by atoms with E-state index in [0.717, 1.165) is 29.4 Å². The molecule has 0 aliphatic heterocycles. The first-order valence-corrected chi connectivity index (χ1v) is 7.18. The zero-order valence-electron chi connectivity index (χ0n) is 12.1. The molecule has 22 heavy (non-hydrogen) atoms. The first-order valence-electron chi connectivity index (χ1n) is 7.18. The molecule has 1 aliphatic rings. The molecule has 1 saturated carbocycles. The van der Waals surface area contributed by atoms with E-state index in [-0.39, 0.29) is 11.8 Å². The minimum Gasteiger partial charge on any atom is -0.304 e. The van der Waals surface area contributed by atoms with E-state index in [1.165, 1.54) is 0 Å². The third-order valence-corrected chi connectivity index (χ3v) is 3.92. The van der Waals surface area contributed by atoms with Gasteiger partial charge in [-0.2, -0.15) is 10.3 Å². The van der Waals surface area contributed by atoms with Gasteiger partial charge in [0.2, 0.25) is 5.91 Å². The van der Waals surface area contributed by atoms with Crippen LogP contribution in [0.2, 0.25) is 0 Å². The van der Waals surface area contributed by atoms with E-state index in [2.05, 4.69) is 25.7 Å². The minimum atomic E-state index is 0.119. The zero-order chi connectivity index (χ0) is 15.1. The molecule has 1 N–H and O–H groups in total. The van der Waals surface area contributed by atoms with Gasteiger partial charge in [-0.05, 0) is 31.0 Å². The van der Waals surface area contributed by atoms with Crippen molar-refractivity contribution in [2.24, 2.45) is 13.0 Å². The molecule has 4 rings (SSSR count). The molecular weight excluding hydrogens is 282 g/mol. The molecule has 1 aromatic carbocycles. The van der Waals surface area contributed by atoms with Crippen LogP contribution in [0.3, 0.4) is 0 Å². The maximum Gasteiger partial charge on any atom is 0.230 e. The van der Waals surface area contributed by atoms with Crippen LogP contribution in [0, 0.1) is 5.92 Å². The molecule has 2 heterocycles. The van der Waals surface area contributed by atoms with Crippen molar-refractivity contribution in [3.8, 4) is 0 Å². The summed E-state index contributed by atoms with van der Waals surface area (Å²) in [7, 11) is 1.90. The number of hydrogen-bond acceptors (Lipinski definition) is 5. The zero-order valence-corrected chi connectivity index (χ0v) is 12.1. The Hall–Kier alpha value is -2.77. The fraction of sp³-hybridized carbons (Fsp3) is 0.357. The summed E-state index contributed by atoms with van der Waals surface area (Å²) in [4.78, 5) is 14.3. The normalized spacial score (nSPS) is 14.4. The van der Waals surface area contributed by atoms with Crippen molar-refractivity contribution in [3.63, 3.8) is 0 Å². The van der Waals surface area contributed by atoms with Crippen molar-refractivity contribution >= 4 is 22.5 Å². The average molecular weight is 297 g/mol. The predicted molar refractivity (Wildman–Crippen MR) is 78.8 cm³/mol. The molecule has 3 aromatic rings. The maximum atomic E-state index is 12.6. The number of rotatable bonds is 4. The van der Waals surface area contributed by atoms with Crippen LogP contribution < -0.4 is 4.90 Å². The second kappa shape index (κ2) is 4.90. The van der Waals surface area contributed by atoms with Crippen molar-refractivity contribution < 1.29 is 4.79 Å². The summed E-state index contributed by atoms with van der Waals surface area (Å²) in [5, 5.41) is 19.1. The van der Waals surface area contributed by atoms with Gasteiger partial charge in [-0.15, -0.1) is 10.2 Å². The molecule has 1 aliphatic carbocycles. The van der Waals surface area contributed by atoms with E-state index in [1.807, 2.05) is 29.9 Å². The van der Waals surface area contributed by atoms with Gasteiger partial charge in [0.1, 0.15) is 0 Å². The van der Waals surface area contributed by atoms with E-state index >= 15 is 0 Å². The molecular formula is C14H15N7O. The number of nitrogens with zero attached hydrogens (tertiary/aromatic N) is 6. The van der Waals surface area contributed by atoms with E-state index in [1.54, 1.807) is 11.1 Å². The highest BCUT2D eigenvalue weighted by Crippen LogP contribution is 2.34. The number of nitrogens with one attached hydrogen (secondary N) is 1. The number of H-pyrrole nitrogens is 1. The second-order valence-electron chi connectivity index (χ2n) is 5.54. The molecule has 8 heteroatoms. The van der Waals surface area contributed by atoms with Gasteiger partial charge in [-0.3, -0.25) is 9.48 Å². The number of benzene rings is 1. The first kappa shape index (κ1) is 12.9. The number of aromatic amines is 1. The van der Waals surface area contributed by atoms with Crippen LogP contribution in [-0.2, 0) is 18.4 Å². The van der Waals surface area contributed by atoms with Gasteiger partial charge in [0.15, 0.2) is 5.82 Å². The van der Waals surface area contributed by atoms with E-state index in [9.17, 15) is 4.79 Å². The van der Waals surface area contributed by atoms with Crippen LogP contribution in [0.4, 0.5) is 5.69 Å². The fourth-order valence-corrected chi connectivity index (χ4v) is 2.56. The first-order chi connectivity index (χ1) is 10.7. The van der Waals surface area contributed by atoms with Gasteiger partial charge >= 0.3 is 0 Å². The van der Waals surface area contributed by atoms with Crippen LogP contribution >= 0.6 is 0 Å². The van der Waals surface area contributed by atoms with Crippen LogP contribution in [0.25, 0.3) is 10.9 Å². The molecule has 0 atom stereocenters. The Kier molecular flexibility index (Phi) is 2.88. The summed E-state index contributed by atoms with van der Waals surface area (Å²) in [5.74, 6) is 0.741. The van der Waals surface area contributed by atoms with E-state index in [4.69, 9.17) is 0 Å². The number of fused-ring (bicyclic) bond motifs is 1. The summed E-state index contributed by atoms with van der Waals surface area (Å²) >= 11 is 0. The lowest BCUT2D eigenvalue weighted by Gasteiger charge is -2.21. The molecule has 2 aromatic heterocycles. The number of hydrogen-bond donors (Lipinski definition) is 1. The third-order valence-electron chi connectivity index (χ3n) is 3.92. The SMILES string of the molecule is Cn1ncc2cc(N(Cc3nn[nH]n3)C(=O)C3CC3)ccc21. The largest absolute Gasteiger partial charge is 0.304 e. The number of aromatic nitrogens is 6. The molecule has 0 spiro atoms. The number of anilines is 1. The summed E-state index contributed by atoms with van der Waals surface area (Å²) < 4.78 is 1.81. The topological polar surface area (TPSA) is 92.6 Å². The van der Waals surface area contributed by atoms with Gasteiger partial charge in [0, 0.05) is 24.0 Å². The Labute approximate surface area is 126 Å². The van der Waals surface area contributed by atoms with Crippen LogP contribution in [0.1, 0.15) is 18.7 Å². The Morgan fingerprint density at radius 2 is 2.32 bits per heavy atom. The minimum absolute atomic E-state index is 0.119. The lowest BCUT2D eigenvalue weighted by molar-refractivity contribution is -0.119. The molecule has 1 amide bonds. The lowest BCUT2D eigenvalue weighted by atomic mass is 10.2. The van der Waals surface area contributed by atoms with Gasteiger partial charge in [-0.25, -0.2) is 0 Å². The monoisotopic (exact) mass is 297 g/mol. The Balaban J connectivity index is 1.72. The molecule has 1 fully saturated rings. The molecule has 112 valence electrons. The Morgan fingerprint density at radius 1 is 1.45 bits per heavy atom. The lowest BCUT2D eigenvalue weighted by Crippen LogP contribution is -2.32. The van der Waals surface area contributed by atoms with Crippen molar-refractivity contribution in [1.82, 2.24) is 30.4 Å². The van der Waals surface area contributed by atoms with E-state index < -0.39 is 0 Å². The van der Waals surface area contributed by atoms with Crippen molar-refractivity contribution in [3.05, 3.63) is 30.2 Å².